The SMILES string of the molecule is Cn1ccc(NC(=O)c2cc(O)cc(Oc3ncc(C(=O)N4CCC4)cc3Cl)c2)n1. The molecule has 1 aliphatic rings. The summed E-state index contributed by atoms with van der Waals surface area (Å²) in [5.41, 5.74) is 0.537. The lowest BCUT2D eigenvalue weighted by atomic mass is 10.1. The quantitative estimate of drug-likeness (QED) is 0.647. The van der Waals surface area contributed by atoms with E-state index >= 15 is 0 Å². The largest absolute Gasteiger partial charge is 0.508 e. The van der Waals surface area contributed by atoms with Gasteiger partial charge in [-0.25, -0.2) is 4.98 Å². The molecular weight excluding hydrogens is 410 g/mol. The number of likely N-dealkylation sites (tertiary alicyclic amines) is 1. The number of ether oxygens (including phenoxy) is 1. The number of nitrogens with zero attached hydrogens (tertiary/aromatic N) is 4. The first kappa shape index (κ1) is 19.7. The van der Waals surface area contributed by atoms with E-state index in [4.69, 9.17) is 16.3 Å². The van der Waals surface area contributed by atoms with E-state index in [1.54, 1.807) is 28.9 Å². The van der Waals surface area contributed by atoms with Crippen LogP contribution in [-0.2, 0) is 7.05 Å². The molecular formula is C20H18ClN5O4. The molecule has 0 bridgehead atoms. The first-order chi connectivity index (χ1) is 14.4. The number of carbonyl (C=O) groups is 2. The Bertz CT molecular complexity index is 1130. The van der Waals surface area contributed by atoms with Gasteiger partial charge in [-0.1, -0.05) is 11.6 Å². The van der Waals surface area contributed by atoms with Gasteiger partial charge in [0, 0.05) is 50.2 Å². The first-order valence-electron chi connectivity index (χ1n) is 9.17. The Morgan fingerprint density at radius 2 is 2.00 bits per heavy atom. The van der Waals surface area contributed by atoms with Crippen LogP contribution in [0.1, 0.15) is 27.1 Å². The van der Waals surface area contributed by atoms with Crippen LogP contribution in [0.15, 0.2) is 42.7 Å². The third kappa shape index (κ3) is 4.20. The summed E-state index contributed by atoms with van der Waals surface area (Å²) in [6, 6.07) is 7.20. The van der Waals surface area contributed by atoms with E-state index in [1.807, 2.05) is 0 Å². The predicted molar refractivity (Wildman–Crippen MR) is 109 cm³/mol. The molecule has 0 atom stereocenters. The average molecular weight is 428 g/mol. The van der Waals surface area contributed by atoms with E-state index in [-0.39, 0.29) is 33.9 Å². The van der Waals surface area contributed by atoms with Crippen molar-refractivity contribution in [2.45, 2.75) is 6.42 Å². The number of anilines is 1. The van der Waals surface area contributed by atoms with Gasteiger partial charge in [-0.05, 0) is 24.6 Å². The number of halogens is 1. The smallest absolute Gasteiger partial charge is 0.257 e. The van der Waals surface area contributed by atoms with E-state index < -0.39 is 5.91 Å². The Morgan fingerprint density at radius 3 is 2.63 bits per heavy atom. The number of amides is 2. The van der Waals surface area contributed by atoms with Gasteiger partial charge in [0.15, 0.2) is 5.82 Å². The highest BCUT2D eigenvalue weighted by Gasteiger charge is 2.23. The van der Waals surface area contributed by atoms with Crippen molar-refractivity contribution in [3.63, 3.8) is 0 Å². The molecule has 0 saturated carbocycles. The predicted octanol–water partition coefficient (Wildman–Crippen LogP) is 3.06. The van der Waals surface area contributed by atoms with Crippen LogP contribution in [0.3, 0.4) is 0 Å². The summed E-state index contributed by atoms with van der Waals surface area (Å²) in [5, 5.41) is 16.8. The molecule has 0 aliphatic carbocycles. The van der Waals surface area contributed by atoms with Crippen molar-refractivity contribution in [2.24, 2.45) is 7.05 Å². The Balaban J connectivity index is 1.51. The fourth-order valence-corrected chi connectivity index (χ4v) is 3.08. The number of hydrogen-bond acceptors (Lipinski definition) is 6. The van der Waals surface area contributed by atoms with Crippen molar-refractivity contribution in [3.05, 3.63) is 58.9 Å². The van der Waals surface area contributed by atoms with Gasteiger partial charge in [-0.15, -0.1) is 0 Å². The molecule has 2 aromatic heterocycles. The van der Waals surface area contributed by atoms with Crippen molar-refractivity contribution in [2.75, 3.05) is 18.4 Å². The maximum atomic E-state index is 12.5. The molecule has 9 nitrogen and oxygen atoms in total. The summed E-state index contributed by atoms with van der Waals surface area (Å²) in [5.74, 6) is -0.173. The summed E-state index contributed by atoms with van der Waals surface area (Å²) in [7, 11) is 1.73. The highest BCUT2D eigenvalue weighted by molar-refractivity contribution is 6.32. The van der Waals surface area contributed by atoms with Crippen LogP contribution in [0.2, 0.25) is 5.02 Å². The molecule has 1 aliphatic heterocycles. The molecule has 4 rings (SSSR count). The Morgan fingerprint density at radius 1 is 1.20 bits per heavy atom. The number of carbonyl (C=O) groups excluding carboxylic acids is 2. The number of aromatic hydroxyl groups is 1. The molecule has 154 valence electrons. The maximum Gasteiger partial charge on any atom is 0.257 e. The van der Waals surface area contributed by atoms with Crippen molar-refractivity contribution in [1.82, 2.24) is 19.7 Å². The van der Waals surface area contributed by atoms with E-state index in [1.165, 1.54) is 30.5 Å². The minimum absolute atomic E-state index is 0.0542. The summed E-state index contributed by atoms with van der Waals surface area (Å²) >= 11 is 6.23. The molecule has 2 N–H and O–H groups in total. The van der Waals surface area contributed by atoms with Gasteiger partial charge >= 0.3 is 0 Å². The number of aryl methyl sites for hydroxylation is 1. The van der Waals surface area contributed by atoms with Crippen LogP contribution in [0.4, 0.5) is 5.82 Å². The Labute approximate surface area is 176 Å². The molecule has 0 spiro atoms. The third-order valence-electron chi connectivity index (χ3n) is 4.52. The molecule has 1 aromatic carbocycles. The molecule has 1 fully saturated rings. The summed E-state index contributed by atoms with van der Waals surface area (Å²) in [6.07, 6.45) is 4.07. The van der Waals surface area contributed by atoms with Gasteiger partial charge in [0.2, 0.25) is 5.88 Å². The van der Waals surface area contributed by atoms with Crippen molar-refractivity contribution >= 4 is 29.2 Å². The fourth-order valence-electron chi connectivity index (χ4n) is 2.87. The third-order valence-corrected chi connectivity index (χ3v) is 4.79. The average Bonchev–Trinajstić information content (AvgIpc) is 3.06. The zero-order chi connectivity index (χ0) is 21.3. The summed E-state index contributed by atoms with van der Waals surface area (Å²) in [4.78, 5) is 30.5. The molecule has 30 heavy (non-hydrogen) atoms. The van der Waals surface area contributed by atoms with Gasteiger partial charge in [-0.3, -0.25) is 14.3 Å². The lowest BCUT2D eigenvalue weighted by Crippen LogP contribution is -2.42. The molecule has 3 heterocycles. The summed E-state index contributed by atoms with van der Waals surface area (Å²) < 4.78 is 7.20. The van der Waals surface area contributed by atoms with E-state index in [0.29, 0.717) is 11.4 Å². The molecule has 2 amide bonds. The number of aromatic nitrogens is 3. The van der Waals surface area contributed by atoms with E-state index in [0.717, 1.165) is 19.5 Å². The maximum absolute atomic E-state index is 12.5. The van der Waals surface area contributed by atoms with Gasteiger partial charge in [0.1, 0.15) is 16.5 Å². The molecule has 10 heteroatoms. The highest BCUT2D eigenvalue weighted by atomic mass is 35.5. The second kappa shape index (κ2) is 8.03. The van der Waals surface area contributed by atoms with Crippen LogP contribution in [0.25, 0.3) is 0 Å². The lowest BCUT2D eigenvalue weighted by Gasteiger charge is -2.30. The van der Waals surface area contributed by atoms with Crippen LogP contribution < -0.4 is 10.1 Å². The molecule has 3 aromatic rings. The normalized spacial score (nSPS) is 12.9. The Hall–Kier alpha value is -3.59. The molecule has 0 radical (unpaired) electrons. The second-order valence-corrected chi connectivity index (χ2v) is 7.21. The lowest BCUT2D eigenvalue weighted by molar-refractivity contribution is 0.0651. The topological polar surface area (TPSA) is 110 Å². The standard InChI is InChI=1S/C20H18ClN5O4/c1-25-6-3-17(24-25)23-18(28)12-7-14(27)10-15(8-12)30-19-16(21)9-13(11-22-19)20(29)26-4-2-5-26/h3,6-11,27H,2,4-5H2,1H3,(H,23,24,28). The van der Waals surface area contributed by atoms with Crippen LogP contribution in [-0.4, -0.2) is 49.7 Å². The van der Waals surface area contributed by atoms with Gasteiger partial charge in [0.25, 0.3) is 11.8 Å². The van der Waals surface area contributed by atoms with Gasteiger partial charge in [-0.2, -0.15) is 5.10 Å². The first-order valence-corrected chi connectivity index (χ1v) is 9.54. The molecule has 1 saturated heterocycles. The van der Waals surface area contributed by atoms with Crippen molar-refractivity contribution in [1.29, 1.82) is 0 Å². The molecule has 0 unspecified atom stereocenters. The van der Waals surface area contributed by atoms with Crippen molar-refractivity contribution < 1.29 is 19.4 Å². The number of hydrogen-bond donors (Lipinski definition) is 2. The number of pyridine rings is 1. The van der Waals surface area contributed by atoms with Crippen molar-refractivity contribution in [3.8, 4) is 17.4 Å². The monoisotopic (exact) mass is 427 g/mol. The number of phenols is 1. The second-order valence-electron chi connectivity index (χ2n) is 6.80. The summed E-state index contributed by atoms with van der Waals surface area (Å²) in [6.45, 7) is 1.45. The van der Waals surface area contributed by atoms with E-state index in [2.05, 4.69) is 15.4 Å². The number of nitrogens with one attached hydrogen (secondary N) is 1. The van der Waals surface area contributed by atoms with Gasteiger partial charge < -0.3 is 20.1 Å². The minimum Gasteiger partial charge on any atom is -0.508 e. The zero-order valence-electron chi connectivity index (χ0n) is 16.0. The van der Waals surface area contributed by atoms with Crippen LogP contribution in [0, 0.1) is 0 Å². The van der Waals surface area contributed by atoms with E-state index in [9.17, 15) is 14.7 Å². The highest BCUT2D eigenvalue weighted by Crippen LogP contribution is 2.31. The zero-order valence-corrected chi connectivity index (χ0v) is 16.8. The van der Waals surface area contributed by atoms with Gasteiger partial charge in [0.05, 0.1) is 5.56 Å². The number of benzene rings is 1. The van der Waals surface area contributed by atoms with Crippen LogP contribution in [0.5, 0.6) is 17.4 Å². The van der Waals surface area contributed by atoms with Crippen LogP contribution >= 0.6 is 11.6 Å². The number of rotatable bonds is 5. The Kier molecular flexibility index (Phi) is 5.28. The number of phenolic OH excluding ortho intramolecular Hbond substituents is 1. The minimum atomic E-state index is -0.469. The fraction of sp³-hybridized carbons (Fsp3) is 0.200.